The maximum absolute atomic E-state index is 13.2. The van der Waals surface area contributed by atoms with Gasteiger partial charge in [0.1, 0.15) is 5.82 Å². The van der Waals surface area contributed by atoms with Crippen LogP contribution in [0.4, 0.5) is 17.2 Å². The van der Waals surface area contributed by atoms with E-state index in [0.29, 0.717) is 16.9 Å². The summed E-state index contributed by atoms with van der Waals surface area (Å²) in [5.74, 6) is 0.289. The number of imidazole rings is 1. The highest BCUT2D eigenvalue weighted by Crippen LogP contribution is 2.32. The molecule has 168 valence electrons. The van der Waals surface area contributed by atoms with Gasteiger partial charge in [-0.2, -0.15) is 0 Å². The highest BCUT2D eigenvalue weighted by atomic mass is 16.2. The van der Waals surface area contributed by atoms with E-state index in [4.69, 9.17) is 0 Å². The summed E-state index contributed by atoms with van der Waals surface area (Å²) in [6.07, 6.45) is 1.66. The smallest absolute Gasteiger partial charge is 0.323 e. The standard InChI is InChI=1S/C25H26N6O2/c1-25(2)14-26-13-15-11-16(6-8-19(15)25)28-23(32)18-5-4-10-27-22(18)31(3)17-7-9-20-21(12-17)30-24(33)29-20/h4-12,26H,13-14H2,1-3H3,(H,28,32)(H2,29,30,33). The van der Waals surface area contributed by atoms with Gasteiger partial charge in [0, 0.05) is 43.1 Å². The van der Waals surface area contributed by atoms with Gasteiger partial charge in [-0.05, 0) is 53.6 Å². The Balaban J connectivity index is 1.43. The van der Waals surface area contributed by atoms with Crippen molar-refractivity contribution in [3.63, 3.8) is 0 Å². The Kier molecular flexibility index (Phi) is 5.02. The predicted molar refractivity (Wildman–Crippen MR) is 130 cm³/mol. The largest absolute Gasteiger partial charge is 0.329 e. The molecule has 0 radical (unpaired) electrons. The average molecular weight is 443 g/mol. The van der Waals surface area contributed by atoms with Gasteiger partial charge in [0.25, 0.3) is 5.91 Å². The maximum atomic E-state index is 13.2. The Morgan fingerprint density at radius 3 is 2.76 bits per heavy atom. The van der Waals surface area contributed by atoms with Crippen molar-refractivity contribution in [2.45, 2.75) is 25.8 Å². The number of aromatic nitrogens is 3. The number of amides is 1. The fourth-order valence-corrected chi connectivity index (χ4v) is 4.47. The normalized spacial score (nSPS) is 14.6. The fourth-order valence-electron chi connectivity index (χ4n) is 4.47. The first kappa shape index (κ1) is 21.0. The summed E-state index contributed by atoms with van der Waals surface area (Å²) in [4.78, 5) is 36.6. The number of aromatic amines is 2. The fraction of sp³-hybridized carbons (Fsp3) is 0.240. The maximum Gasteiger partial charge on any atom is 0.323 e. The molecule has 5 rings (SSSR count). The van der Waals surface area contributed by atoms with Gasteiger partial charge in [0.2, 0.25) is 0 Å². The van der Waals surface area contributed by atoms with E-state index in [0.717, 1.165) is 30.0 Å². The minimum absolute atomic E-state index is 0.0558. The molecule has 3 heterocycles. The van der Waals surface area contributed by atoms with Crippen molar-refractivity contribution in [3.8, 4) is 0 Å². The first-order valence-electron chi connectivity index (χ1n) is 10.9. The molecule has 0 spiro atoms. The Labute approximate surface area is 191 Å². The van der Waals surface area contributed by atoms with E-state index in [1.807, 2.05) is 42.3 Å². The molecule has 1 amide bonds. The van der Waals surface area contributed by atoms with Gasteiger partial charge < -0.3 is 25.5 Å². The van der Waals surface area contributed by atoms with Crippen LogP contribution in [0.5, 0.6) is 0 Å². The van der Waals surface area contributed by atoms with Gasteiger partial charge in [-0.3, -0.25) is 4.79 Å². The molecular weight excluding hydrogens is 416 g/mol. The van der Waals surface area contributed by atoms with Crippen molar-refractivity contribution in [3.05, 3.63) is 81.9 Å². The van der Waals surface area contributed by atoms with E-state index >= 15 is 0 Å². The monoisotopic (exact) mass is 442 g/mol. The summed E-state index contributed by atoms with van der Waals surface area (Å²) in [5, 5.41) is 6.48. The molecule has 8 nitrogen and oxygen atoms in total. The van der Waals surface area contributed by atoms with Crippen molar-refractivity contribution >= 4 is 34.1 Å². The summed E-state index contributed by atoms with van der Waals surface area (Å²) >= 11 is 0. The molecule has 1 aliphatic rings. The lowest BCUT2D eigenvalue weighted by Crippen LogP contribution is -2.38. The number of anilines is 3. The zero-order valence-corrected chi connectivity index (χ0v) is 18.8. The second-order valence-corrected chi connectivity index (χ2v) is 9.06. The molecule has 0 saturated carbocycles. The third-order valence-electron chi connectivity index (χ3n) is 6.21. The molecule has 8 heteroatoms. The average Bonchev–Trinajstić information content (AvgIpc) is 3.17. The number of pyridine rings is 1. The number of benzene rings is 2. The lowest BCUT2D eigenvalue weighted by Gasteiger charge is -2.33. The first-order chi connectivity index (χ1) is 15.8. The first-order valence-corrected chi connectivity index (χ1v) is 10.9. The van der Waals surface area contributed by atoms with Crippen molar-refractivity contribution in [1.29, 1.82) is 0 Å². The van der Waals surface area contributed by atoms with Crippen LogP contribution in [-0.4, -0.2) is 34.5 Å². The van der Waals surface area contributed by atoms with Gasteiger partial charge in [-0.15, -0.1) is 0 Å². The Morgan fingerprint density at radius 2 is 1.91 bits per heavy atom. The van der Waals surface area contributed by atoms with E-state index in [1.54, 1.807) is 18.3 Å². The number of rotatable bonds is 4. The second kappa shape index (κ2) is 7.90. The number of hydrogen-bond donors (Lipinski definition) is 4. The van der Waals surface area contributed by atoms with E-state index < -0.39 is 0 Å². The van der Waals surface area contributed by atoms with Crippen LogP contribution in [0.1, 0.15) is 35.3 Å². The number of fused-ring (bicyclic) bond motifs is 2. The third kappa shape index (κ3) is 3.89. The summed E-state index contributed by atoms with van der Waals surface area (Å²) in [5.41, 5.74) is 5.72. The molecule has 0 fully saturated rings. The number of nitrogens with zero attached hydrogens (tertiary/aromatic N) is 2. The van der Waals surface area contributed by atoms with Gasteiger partial charge in [-0.1, -0.05) is 19.9 Å². The lowest BCUT2D eigenvalue weighted by atomic mass is 9.79. The van der Waals surface area contributed by atoms with Crippen LogP contribution in [0.2, 0.25) is 0 Å². The minimum Gasteiger partial charge on any atom is -0.329 e. The van der Waals surface area contributed by atoms with Gasteiger partial charge in [-0.25, -0.2) is 9.78 Å². The highest BCUT2D eigenvalue weighted by molar-refractivity contribution is 6.08. The summed E-state index contributed by atoms with van der Waals surface area (Å²) in [6, 6.07) is 15.2. The summed E-state index contributed by atoms with van der Waals surface area (Å²) in [7, 11) is 1.84. The summed E-state index contributed by atoms with van der Waals surface area (Å²) < 4.78 is 0. The number of H-pyrrole nitrogens is 2. The zero-order chi connectivity index (χ0) is 23.2. The summed E-state index contributed by atoms with van der Waals surface area (Å²) in [6.45, 7) is 6.15. The van der Waals surface area contributed by atoms with E-state index in [2.05, 4.69) is 45.5 Å². The molecule has 0 saturated heterocycles. The zero-order valence-electron chi connectivity index (χ0n) is 18.8. The van der Waals surface area contributed by atoms with Crippen LogP contribution in [-0.2, 0) is 12.0 Å². The predicted octanol–water partition coefficient (Wildman–Crippen LogP) is 3.65. The van der Waals surface area contributed by atoms with E-state index in [-0.39, 0.29) is 17.0 Å². The van der Waals surface area contributed by atoms with Crippen molar-refractivity contribution in [2.24, 2.45) is 0 Å². The number of hydrogen-bond acceptors (Lipinski definition) is 5. The number of carbonyl (C=O) groups excluding carboxylic acids is 1. The molecule has 4 N–H and O–H groups in total. The van der Waals surface area contributed by atoms with Gasteiger partial charge in [0.05, 0.1) is 16.6 Å². The topological polar surface area (TPSA) is 106 Å². The molecule has 1 aliphatic heterocycles. The van der Waals surface area contributed by atoms with Crippen LogP contribution in [0, 0.1) is 0 Å². The third-order valence-corrected chi connectivity index (χ3v) is 6.21. The number of carbonyl (C=O) groups is 1. The van der Waals surface area contributed by atoms with E-state index in [1.165, 1.54) is 11.1 Å². The van der Waals surface area contributed by atoms with Gasteiger partial charge in [0.15, 0.2) is 0 Å². The second-order valence-electron chi connectivity index (χ2n) is 9.06. The molecule has 0 aliphatic carbocycles. The van der Waals surface area contributed by atoms with Crippen LogP contribution < -0.4 is 21.2 Å². The Bertz CT molecular complexity index is 1420. The molecule has 0 atom stereocenters. The SMILES string of the molecule is CN(c1ccc2[nH]c(=O)[nH]c2c1)c1ncccc1C(=O)Nc1ccc2c(c1)CNCC2(C)C. The molecule has 0 bridgehead atoms. The molecule has 0 unspecified atom stereocenters. The quantitative estimate of drug-likeness (QED) is 0.386. The Hall–Kier alpha value is -3.91. The van der Waals surface area contributed by atoms with Crippen molar-refractivity contribution in [2.75, 3.05) is 23.8 Å². The highest BCUT2D eigenvalue weighted by Gasteiger charge is 2.27. The van der Waals surface area contributed by atoms with E-state index in [9.17, 15) is 9.59 Å². The molecular formula is C25H26N6O2. The molecule has 33 heavy (non-hydrogen) atoms. The number of nitrogens with one attached hydrogen (secondary N) is 4. The van der Waals surface area contributed by atoms with Crippen molar-refractivity contribution in [1.82, 2.24) is 20.3 Å². The minimum atomic E-state index is -0.258. The molecule has 2 aromatic heterocycles. The molecule has 4 aromatic rings. The van der Waals surface area contributed by atoms with Crippen LogP contribution in [0.25, 0.3) is 11.0 Å². The van der Waals surface area contributed by atoms with Crippen LogP contribution >= 0.6 is 0 Å². The lowest BCUT2D eigenvalue weighted by molar-refractivity contribution is 0.102. The molecule has 2 aromatic carbocycles. The van der Waals surface area contributed by atoms with Gasteiger partial charge >= 0.3 is 5.69 Å². The van der Waals surface area contributed by atoms with Crippen LogP contribution in [0.3, 0.4) is 0 Å². The Morgan fingerprint density at radius 1 is 1.09 bits per heavy atom. The van der Waals surface area contributed by atoms with Crippen molar-refractivity contribution < 1.29 is 4.79 Å². The van der Waals surface area contributed by atoms with Crippen LogP contribution in [0.15, 0.2) is 59.5 Å².